The molecular weight excluding hydrogens is 482 g/mol. The summed E-state index contributed by atoms with van der Waals surface area (Å²) in [6.45, 7) is 8.07. The predicted molar refractivity (Wildman–Crippen MR) is 147 cm³/mol. The van der Waals surface area contributed by atoms with Crippen molar-refractivity contribution in [2.45, 2.75) is 40.2 Å². The second-order valence-electron chi connectivity index (χ2n) is 9.20. The number of carbonyl (C=O) groups is 2. The van der Waals surface area contributed by atoms with E-state index in [0.29, 0.717) is 40.7 Å². The Morgan fingerprint density at radius 2 is 1.63 bits per heavy atom. The number of nitrogens with zero attached hydrogens (tertiary/aromatic N) is 1. The number of hydrogen-bond acceptors (Lipinski definition) is 6. The van der Waals surface area contributed by atoms with Crippen molar-refractivity contribution in [1.29, 1.82) is 0 Å². The summed E-state index contributed by atoms with van der Waals surface area (Å²) < 4.78 is 16.8. The summed E-state index contributed by atoms with van der Waals surface area (Å²) in [4.78, 5) is 28.6. The van der Waals surface area contributed by atoms with E-state index in [1.54, 1.807) is 31.4 Å². The zero-order chi connectivity index (χ0) is 27.6. The van der Waals surface area contributed by atoms with Crippen LogP contribution in [-0.4, -0.2) is 37.6 Å². The van der Waals surface area contributed by atoms with Gasteiger partial charge in [-0.3, -0.25) is 14.5 Å². The molecule has 1 amide bonds. The highest BCUT2D eigenvalue weighted by molar-refractivity contribution is 6.51. The van der Waals surface area contributed by atoms with Gasteiger partial charge in [-0.15, -0.1) is 0 Å². The van der Waals surface area contributed by atoms with Crippen LogP contribution in [0.15, 0.2) is 60.2 Å². The summed E-state index contributed by atoms with van der Waals surface area (Å²) in [6, 6.07) is 15.5. The minimum Gasteiger partial charge on any atom is -0.507 e. The maximum Gasteiger partial charge on any atom is 0.300 e. The number of methoxy groups -OCH3 is 2. The van der Waals surface area contributed by atoms with Gasteiger partial charge >= 0.3 is 0 Å². The number of hydrogen-bond donors (Lipinski definition) is 1. The van der Waals surface area contributed by atoms with Gasteiger partial charge in [-0.2, -0.15) is 0 Å². The third-order valence-electron chi connectivity index (χ3n) is 6.75. The van der Waals surface area contributed by atoms with Crippen LogP contribution in [0.25, 0.3) is 5.76 Å². The van der Waals surface area contributed by atoms with Crippen molar-refractivity contribution < 1.29 is 28.9 Å². The van der Waals surface area contributed by atoms with Crippen LogP contribution < -0.4 is 19.1 Å². The fourth-order valence-corrected chi connectivity index (χ4v) is 4.98. The molecule has 1 aliphatic rings. The second kappa shape index (κ2) is 11.0. The molecule has 1 heterocycles. The highest BCUT2D eigenvalue weighted by Crippen LogP contribution is 2.45. The van der Waals surface area contributed by atoms with Crippen LogP contribution >= 0.6 is 0 Å². The highest BCUT2D eigenvalue weighted by atomic mass is 16.5. The molecule has 1 atom stereocenters. The molecule has 1 unspecified atom stereocenters. The predicted octanol–water partition coefficient (Wildman–Crippen LogP) is 5.91. The van der Waals surface area contributed by atoms with Gasteiger partial charge < -0.3 is 19.3 Å². The van der Waals surface area contributed by atoms with E-state index in [1.807, 2.05) is 58.0 Å². The number of anilines is 1. The zero-order valence-corrected chi connectivity index (χ0v) is 22.6. The molecule has 0 bridgehead atoms. The Hall–Kier alpha value is -4.26. The first kappa shape index (κ1) is 26.8. The van der Waals surface area contributed by atoms with Crippen molar-refractivity contribution in [1.82, 2.24) is 0 Å². The Labute approximate surface area is 223 Å². The quantitative estimate of drug-likeness (QED) is 0.228. The van der Waals surface area contributed by atoms with Crippen LogP contribution in [0.1, 0.15) is 47.7 Å². The number of Topliss-reactive ketones (excluding diaryl/α,β-unsaturated/α-hetero) is 1. The maximum absolute atomic E-state index is 13.6. The summed E-state index contributed by atoms with van der Waals surface area (Å²) in [5.74, 6) is -0.354. The van der Waals surface area contributed by atoms with E-state index in [0.717, 1.165) is 23.1 Å². The number of rotatable bonds is 8. The summed E-state index contributed by atoms with van der Waals surface area (Å²) in [5, 5.41) is 11.7. The van der Waals surface area contributed by atoms with Gasteiger partial charge in [0.25, 0.3) is 11.7 Å². The van der Waals surface area contributed by atoms with Crippen molar-refractivity contribution in [3.05, 3.63) is 88.0 Å². The molecule has 198 valence electrons. The van der Waals surface area contributed by atoms with Crippen LogP contribution in [0, 0.1) is 13.8 Å². The lowest BCUT2D eigenvalue weighted by Crippen LogP contribution is -2.29. The number of aryl methyl sites for hydroxylation is 3. The minimum atomic E-state index is -0.905. The van der Waals surface area contributed by atoms with Gasteiger partial charge in [0.15, 0.2) is 11.5 Å². The normalized spacial score (nSPS) is 16.6. The number of carbonyl (C=O) groups excluding carboxylic acids is 2. The highest BCUT2D eigenvalue weighted by Gasteiger charge is 2.47. The van der Waals surface area contributed by atoms with Crippen LogP contribution in [0.2, 0.25) is 0 Å². The molecule has 0 radical (unpaired) electrons. The van der Waals surface area contributed by atoms with Gasteiger partial charge in [-0.05, 0) is 79.8 Å². The molecule has 1 aliphatic heterocycles. The molecule has 1 fully saturated rings. The van der Waals surface area contributed by atoms with Gasteiger partial charge in [0.05, 0.1) is 38.0 Å². The van der Waals surface area contributed by atoms with E-state index < -0.39 is 17.7 Å². The van der Waals surface area contributed by atoms with Gasteiger partial charge in [0.1, 0.15) is 11.5 Å². The molecule has 0 saturated carbocycles. The SMILES string of the molecule is CCOc1cc(C2/C(=C(\O)c3cc(C)cc(C)c3OC)C(=O)C(=O)N2c2ccc(CC)cc2)ccc1OC. The number of ketones is 1. The molecule has 0 aliphatic carbocycles. The van der Waals surface area contributed by atoms with Crippen molar-refractivity contribution in [2.24, 2.45) is 0 Å². The summed E-state index contributed by atoms with van der Waals surface area (Å²) in [7, 11) is 3.06. The number of amides is 1. The lowest BCUT2D eigenvalue weighted by Gasteiger charge is -2.26. The topological polar surface area (TPSA) is 85.3 Å². The van der Waals surface area contributed by atoms with E-state index in [2.05, 4.69) is 0 Å². The average molecular weight is 516 g/mol. The van der Waals surface area contributed by atoms with Crippen molar-refractivity contribution in [2.75, 3.05) is 25.7 Å². The summed E-state index contributed by atoms with van der Waals surface area (Å²) in [6.07, 6.45) is 0.839. The fraction of sp³-hybridized carbons (Fsp3) is 0.290. The first-order valence-electron chi connectivity index (χ1n) is 12.6. The van der Waals surface area contributed by atoms with Gasteiger partial charge in [-0.1, -0.05) is 31.2 Å². The number of ether oxygens (including phenoxy) is 3. The van der Waals surface area contributed by atoms with Crippen LogP contribution in [-0.2, 0) is 16.0 Å². The number of benzene rings is 3. The zero-order valence-electron chi connectivity index (χ0n) is 22.6. The Morgan fingerprint density at radius 3 is 2.24 bits per heavy atom. The Bertz CT molecular complexity index is 1410. The van der Waals surface area contributed by atoms with Gasteiger partial charge in [0, 0.05) is 5.69 Å². The lowest BCUT2D eigenvalue weighted by molar-refractivity contribution is -0.132. The molecule has 4 rings (SSSR count). The molecular formula is C31H33NO6. The van der Waals surface area contributed by atoms with Gasteiger partial charge in [-0.25, -0.2) is 0 Å². The van der Waals surface area contributed by atoms with E-state index >= 15 is 0 Å². The van der Waals surface area contributed by atoms with E-state index in [4.69, 9.17) is 14.2 Å². The molecule has 3 aromatic rings. The number of aliphatic hydroxyl groups is 1. The number of aliphatic hydroxyl groups excluding tert-OH is 1. The molecule has 7 nitrogen and oxygen atoms in total. The molecule has 1 saturated heterocycles. The van der Waals surface area contributed by atoms with Crippen molar-refractivity contribution >= 4 is 23.1 Å². The standard InChI is InChI=1S/C31H33NO6/c1-7-20-9-12-22(13-10-20)32-27(21-11-14-24(36-5)25(17-21)38-8-2)26(29(34)31(32)35)28(33)23-16-18(3)15-19(4)30(23)37-6/h9-17,27,33H,7-8H2,1-6H3/b28-26+. The summed E-state index contributed by atoms with van der Waals surface area (Å²) in [5.41, 5.74) is 4.27. The average Bonchev–Trinajstić information content (AvgIpc) is 3.18. The Morgan fingerprint density at radius 1 is 0.921 bits per heavy atom. The molecule has 7 heteroatoms. The second-order valence-corrected chi connectivity index (χ2v) is 9.20. The van der Waals surface area contributed by atoms with E-state index in [9.17, 15) is 14.7 Å². The third-order valence-corrected chi connectivity index (χ3v) is 6.75. The van der Waals surface area contributed by atoms with Crippen LogP contribution in [0.4, 0.5) is 5.69 Å². The van der Waals surface area contributed by atoms with E-state index in [-0.39, 0.29) is 11.3 Å². The summed E-state index contributed by atoms with van der Waals surface area (Å²) >= 11 is 0. The Kier molecular flexibility index (Phi) is 7.76. The van der Waals surface area contributed by atoms with Gasteiger partial charge in [0.2, 0.25) is 0 Å². The maximum atomic E-state index is 13.6. The Balaban J connectivity index is 2.01. The third kappa shape index (κ3) is 4.72. The van der Waals surface area contributed by atoms with E-state index in [1.165, 1.54) is 12.0 Å². The monoisotopic (exact) mass is 515 g/mol. The molecule has 1 N–H and O–H groups in total. The van der Waals surface area contributed by atoms with Crippen LogP contribution in [0.3, 0.4) is 0 Å². The van der Waals surface area contributed by atoms with Crippen LogP contribution in [0.5, 0.6) is 17.2 Å². The first-order valence-corrected chi connectivity index (χ1v) is 12.6. The molecule has 0 aromatic heterocycles. The fourth-order valence-electron chi connectivity index (χ4n) is 4.98. The molecule has 38 heavy (non-hydrogen) atoms. The van der Waals surface area contributed by atoms with Crippen molar-refractivity contribution in [3.8, 4) is 17.2 Å². The first-order chi connectivity index (χ1) is 18.2. The largest absolute Gasteiger partial charge is 0.507 e. The molecule has 3 aromatic carbocycles. The lowest BCUT2D eigenvalue weighted by atomic mass is 9.93. The van der Waals surface area contributed by atoms with Crippen molar-refractivity contribution in [3.63, 3.8) is 0 Å². The smallest absolute Gasteiger partial charge is 0.300 e. The minimum absolute atomic E-state index is 0.0227. The molecule has 0 spiro atoms.